The molecule has 0 unspecified atom stereocenters. The molecule has 0 spiro atoms. The molecule has 2 aromatic carbocycles. The van der Waals surface area contributed by atoms with E-state index in [-0.39, 0.29) is 16.2 Å². The summed E-state index contributed by atoms with van der Waals surface area (Å²) in [5.41, 5.74) is 0.789. The van der Waals surface area contributed by atoms with E-state index >= 15 is 0 Å². The highest BCUT2D eigenvalue weighted by Crippen LogP contribution is 2.27. The number of aromatic carboxylic acids is 1. The first-order valence-corrected chi connectivity index (χ1v) is 8.78. The molecule has 25 heavy (non-hydrogen) atoms. The maximum Gasteiger partial charge on any atom is 0.337 e. The normalized spacial score (nSPS) is 11.2. The third-order valence-electron chi connectivity index (χ3n) is 3.72. The number of rotatable bonds is 5. The standard InChI is InChI=1S/C18H15NO5S/c1-24-15-7-9-16(10-8-15)25(22,23)19-12-14(18(20)21)11-17(19)13-5-3-2-4-6-13/h2-12H,1H3,(H,20,21). The van der Waals surface area contributed by atoms with Gasteiger partial charge in [0.1, 0.15) is 5.75 Å². The van der Waals surface area contributed by atoms with Crippen LogP contribution in [-0.4, -0.2) is 30.6 Å². The van der Waals surface area contributed by atoms with E-state index in [1.54, 1.807) is 30.3 Å². The van der Waals surface area contributed by atoms with Crippen LogP contribution in [0.25, 0.3) is 11.3 Å². The van der Waals surface area contributed by atoms with Crippen molar-refractivity contribution in [3.63, 3.8) is 0 Å². The molecule has 3 aromatic rings. The number of methoxy groups -OCH3 is 1. The van der Waals surface area contributed by atoms with Crippen molar-refractivity contribution in [1.29, 1.82) is 0 Å². The van der Waals surface area contributed by atoms with Gasteiger partial charge in [0.15, 0.2) is 0 Å². The number of carbonyl (C=O) groups is 1. The molecule has 0 bridgehead atoms. The Balaban J connectivity index is 2.19. The SMILES string of the molecule is COc1ccc(S(=O)(=O)n2cc(C(=O)O)cc2-c2ccccc2)cc1. The molecule has 0 aliphatic heterocycles. The summed E-state index contributed by atoms with van der Waals surface area (Å²) in [6, 6.07) is 16.0. The lowest BCUT2D eigenvalue weighted by Gasteiger charge is -2.11. The van der Waals surface area contributed by atoms with Crippen LogP contribution in [0.15, 0.2) is 71.8 Å². The third kappa shape index (κ3) is 3.14. The van der Waals surface area contributed by atoms with Crippen LogP contribution in [0, 0.1) is 0 Å². The molecular formula is C18H15NO5S. The molecule has 1 heterocycles. The van der Waals surface area contributed by atoms with E-state index in [1.807, 2.05) is 0 Å². The van der Waals surface area contributed by atoms with Gasteiger partial charge in [0.25, 0.3) is 10.0 Å². The zero-order valence-corrected chi connectivity index (χ0v) is 14.1. The minimum atomic E-state index is -3.96. The van der Waals surface area contributed by atoms with Gasteiger partial charge in [-0.25, -0.2) is 17.2 Å². The highest BCUT2D eigenvalue weighted by Gasteiger charge is 2.23. The molecule has 0 atom stereocenters. The quantitative estimate of drug-likeness (QED) is 0.758. The first-order chi connectivity index (χ1) is 11.9. The Bertz CT molecular complexity index is 1010. The van der Waals surface area contributed by atoms with E-state index in [9.17, 15) is 18.3 Å². The van der Waals surface area contributed by atoms with E-state index in [0.717, 1.165) is 10.2 Å². The summed E-state index contributed by atoms with van der Waals surface area (Å²) < 4.78 is 32.0. The fraction of sp³-hybridized carbons (Fsp3) is 0.0556. The van der Waals surface area contributed by atoms with Gasteiger partial charge in [-0.05, 0) is 35.9 Å². The Morgan fingerprint density at radius 1 is 1.04 bits per heavy atom. The molecule has 1 N–H and O–H groups in total. The molecule has 6 nitrogen and oxygen atoms in total. The summed E-state index contributed by atoms with van der Waals surface area (Å²) in [6.07, 6.45) is 1.12. The Kier molecular flexibility index (Phi) is 4.33. The number of benzene rings is 2. The Morgan fingerprint density at radius 3 is 2.24 bits per heavy atom. The van der Waals surface area contributed by atoms with Gasteiger partial charge in [0, 0.05) is 6.20 Å². The maximum absolute atomic E-state index is 13.0. The molecule has 0 aliphatic carbocycles. The summed E-state index contributed by atoms with van der Waals surface area (Å²) in [5, 5.41) is 9.25. The molecule has 0 radical (unpaired) electrons. The second-order valence-corrected chi connectivity index (χ2v) is 7.08. The minimum absolute atomic E-state index is 0.0398. The van der Waals surface area contributed by atoms with Crippen molar-refractivity contribution in [1.82, 2.24) is 3.97 Å². The number of carboxylic acid groups (broad SMARTS) is 1. The molecule has 0 saturated heterocycles. The average molecular weight is 357 g/mol. The van der Waals surface area contributed by atoms with Crippen LogP contribution in [0.1, 0.15) is 10.4 Å². The summed E-state index contributed by atoms with van der Waals surface area (Å²) in [4.78, 5) is 11.4. The molecule has 1 aromatic heterocycles. The lowest BCUT2D eigenvalue weighted by atomic mass is 10.1. The Hall–Kier alpha value is -3.06. The molecule has 3 rings (SSSR count). The number of nitrogens with zero attached hydrogens (tertiary/aromatic N) is 1. The molecular weight excluding hydrogens is 342 g/mol. The fourth-order valence-corrected chi connectivity index (χ4v) is 3.82. The summed E-state index contributed by atoms with van der Waals surface area (Å²) in [7, 11) is -2.47. The minimum Gasteiger partial charge on any atom is -0.497 e. The third-order valence-corrected chi connectivity index (χ3v) is 5.41. The van der Waals surface area contributed by atoms with Crippen molar-refractivity contribution in [2.75, 3.05) is 7.11 Å². The van der Waals surface area contributed by atoms with Gasteiger partial charge in [-0.15, -0.1) is 0 Å². The Labute approximate surface area is 145 Å². The van der Waals surface area contributed by atoms with E-state index in [2.05, 4.69) is 0 Å². The highest BCUT2D eigenvalue weighted by molar-refractivity contribution is 7.90. The van der Waals surface area contributed by atoms with Crippen molar-refractivity contribution in [2.45, 2.75) is 4.90 Å². The van der Waals surface area contributed by atoms with Crippen LogP contribution in [0.3, 0.4) is 0 Å². The van der Waals surface area contributed by atoms with Gasteiger partial charge in [0.05, 0.1) is 23.3 Å². The van der Waals surface area contributed by atoms with Crippen LogP contribution >= 0.6 is 0 Å². The molecule has 7 heteroatoms. The monoisotopic (exact) mass is 357 g/mol. The van der Waals surface area contributed by atoms with Crippen molar-refractivity contribution in [3.05, 3.63) is 72.4 Å². The molecule has 0 aliphatic rings. The molecule has 0 amide bonds. The van der Waals surface area contributed by atoms with Crippen LogP contribution < -0.4 is 4.74 Å². The lowest BCUT2D eigenvalue weighted by Crippen LogP contribution is -2.13. The molecule has 0 saturated carbocycles. The maximum atomic E-state index is 13.0. The first-order valence-electron chi connectivity index (χ1n) is 7.34. The van der Waals surface area contributed by atoms with Crippen LogP contribution in [0.5, 0.6) is 5.75 Å². The van der Waals surface area contributed by atoms with Gasteiger partial charge in [0.2, 0.25) is 0 Å². The van der Waals surface area contributed by atoms with Gasteiger partial charge >= 0.3 is 5.97 Å². The second-order valence-electron chi connectivity index (χ2n) is 5.26. The summed E-state index contributed by atoms with van der Waals surface area (Å²) in [6.45, 7) is 0. The number of ether oxygens (including phenoxy) is 1. The predicted octanol–water partition coefficient (Wildman–Crippen LogP) is 3.10. The molecule has 0 fully saturated rings. The number of carboxylic acids is 1. The summed E-state index contributed by atoms with van der Waals surface area (Å²) >= 11 is 0. The lowest BCUT2D eigenvalue weighted by molar-refractivity contribution is 0.0697. The zero-order chi connectivity index (χ0) is 18.0. The van der Waals surface area contributed by atoms with E-state index < -0.39 is 16.0 Å². The van der Waals surface area contributed by atoms with Gasteiger partial charge in [-0.3, -0.25) is 0 Å². The van der Waals surface area contributed by atoms with Crippen molar-refractivity contribution in [3.8, 4) is 17.0 Å². The number of hydrogen-bond acceptors (Lipinski definition) is 4. The average Bonchev–Trinajstić information content (AvgIpc) is 3.09. The van der Waals surface area contributed by atoms with Crippen molar-refractivity contribution in [2.24, 2.45) is 0 Å². The van der Waals surface area contributed by atoms with Crippen molar-refractivity contribution < 1.29 is 23.1 Å². The second kappa shape index (κ2) is 6.45. The van der Waals surface area contributed by atoms with Crippen LogP contribution in [-0.2, 0) is 10.0 Å². The number of hydrogen-bond donors (Lipinski definition) is 1. The largest absolute Gasteiger partial charge is 0.497 e. The highest BCUT2D eigenvalue weighted by atomic mass is 32.2. The van der Waals surface area contributed by atoms with Crippen molar-refractivity contribution >= 4 is 16.0 Å². The van der Waals surface area contributed by atoms with Crippen LogP contribution in [0.4, 0.5) is 0 Å². The van der Waals surface area contributed by atoms with E-state index in [4.69, 9.17) is 4.74 Å². The van der Waals surface area contributed by atoms with Gasteiger partial charge < -0.3 is 9.84 Å². The summed E-state index contributed by atoms with van der Waals surface area (Å²) in [5.74, 6) is -0.665. The zero-order valence-electron chi connectivity index (χ0n) is 13.3. The van der Waals surface area contributed by atoms with E-state index in [1.165, 1.54) is 37.4 Å². The van der Waals surface area contributed by atoms with Gasteiger partial charge in [-0.1, -0.05) is 30.3 Å². The van der Waals surface area contributed by atoms with Gasteiger partial charge in [-0.2, -0.15) is 0 Å². The smallest absolute Gasteiger partial charge is 0.337 e. The van der Waals surface area contributed by atoms with Crippen LogP contribution in [0.2, 0.25) is 0 Å². The molecule has 128 valence electrons. The van der Waals surface area contributed by atoms with E-state index in [0.29, 0.717) is 11.3 Å². The number of aromatic nitrogens is 1. The fourth-order valence-electron chi connectivity index (χ4n) is 2.44. The first kappa shape index (κ1) is 16.8. The topological polar surface area (TPSA) is 85.6 Å². The Morgan fingerprint density at radius 2 is 1.68 bits per heavy atom. The predicted molar refractivity (Wildman–Crippen MR) is 92.4 cm³/mol.